The van der Waals surface area contributed by atoms with Crippen LogP contribution in [0.5, 0.6) is 0 Å². The smallest absolute Gasteiger partial charge is 0.0283 e. The fourth-order valence-corrected chi connectivity index (χ4v) is 7.69. The van der Waals surface area contributed by atoms with Crippen LogP contribution in [0, 0.1) is 35.0 Å². The number of hydrogen-bond donors (Lipinski definition) is 2. The van der Waals surface area contributed by atoms with Gasteiger partial charge in [0.15, 0.2) is 0 Å². The minimum atomic E-state index is 0.231. The lowest BCUT2D eigenvalue weighted by atomic mass is 9.73. The molecule has 35 heavy (non-hydrogen) atoms. The number of rotatable bonds is 20. The van der Waals surface area contributed by atoms with E-state index in [0.717, 1.165) is 37.0 Å². The van der Waals surface area contributed by atoms with Gasteiger partial charge >= 0.3 is 0 Å². The Morgan fingerprint density at radius 3 is 2.00 bits per heavy atom. The molecule has 0 amide bonds. The summed E-state index contributed by atoms with van der Waals surface area (Å²) >= 11 is 0. The van der Waals surface area contributed by atoms with Crippen molar-refractivity contribution in [3.63, 3.8) is 0 Å². The lowest BCUT2D eigenvalue weighted by molar-refractivity contribution is 0.132. The SMILES string of the molecule is CCCCCC(C)C(CC)CCC(N)CC1(N(C)C)C(C)C1C(C)(CC)CC(N)CCC(C)CC. The van der Waals surface area contributed by atoms with Crippen molar-refractivity contribution in [3.05, 3.63) is 0 Å². The van der Waals surface area contributed by atoms with Crippen molar-refractivity contribution in [3.8, 4) is 0 Å². The molecule has 1 rings (SSSR count). The quantitative estimate of drug-likeness (QED) is 0.168. The number of unbranched alkanes of at least 4 members (excludes halogenated alkanes) is 2. The van der Waals surface area contributed by atoms with E-state index in [1.807, 2.05) is 0 Å². The lowest BCUT2D eigenvalue weighted by Gasteiger charge is -2.38. The molecule has 9 atom stereocenters. The van der Waals surface area contributed by atoms with E-state index in [4.69, 9.17) is 11.5 Å². The Kier molecular flexibility index (Phi) is 14.4. The van der Waals surface area contributed by atoms with Crippen LogP contribution in [-0.4, -0.2) is 36.6 Å². The van der Waals surface area contributed by atoms with E-state index in [1.54, 1.807) is 0 Å². The lowest BCUT2D eigenvalue weighted by Crippen LogP contribution is -2.43. The van der Waals surface area contributed by atoms with Crippen LogP contribution in [0.25, 0.3) is 0 Å². The number of hydrogen-bond acceptors (Lipinski definition) is 3. The molecule has 4 N–H and O–H groups in total. The van der Waals surface area contributed by atoms with Gasteiger partial charge in [0, 0.05) is 17.6 Å². The highest BCUT2D eigenvalue weighted by Gasteiger charge is 2.68. The standard InChI is InChI=1S/C32H67N3/c1-11-15-16-17-25(6)27(13-3)19-21-29(34)23-32(35(9)10)26(7)30(32)31(8,14-4)22-28(33)20-18-24(5)12-2/h24-30H,11-23,33-34H2,1-10H3. The van der Waals surface area contributed by atoms with E-state index in [0.29, 0.717) is 23.9 Å². The van der Waals surface area contributed by atoms with Gasteiger partial charge in [0.05, 0.1) is 0 Å². The highest BCUT2D eigenvalue weighted by molar-refractivity contribution is 5.21. The summed E-state index contributed by atoms with van der Waals surface area (Å²) in [6.07, 6.45) is 16.4. The van der Waals surface area contributed by atoms with Crippen molar-refractivity contribution in [1.82, 2.24) is 4.90 Å². The van der Waals surface area contributed by atoms with Gasteiger partial charge in [-0.1, -0.05) is 100 Å². The van der Waals surface area contributed by atoms with Gasteiger partial charge in [0.2, 0.25) is 0 Å². The van der Waals surface area contributed by atoms with E-state index in [9.17, 15) is 0 Å². The van der Waals surface area contributed by atoms with Crippen LogP contribution in [0.4, 0.5) is 0 Å². The molecule has 0 saturated heterocycles. The van der Waals surface area contributed by atoms with Gasteiger partial charge in [-0.05, 0) is 87.6 Å². The van der Waals surface area contributed by atoms with Crippen LogP contribution in [0.2, 0.25) is 0 Å². The van der Waals surface area contributed by atoms with Crippen LogP contribution < -0.4 is 11.5 Å². The first-order chi connectivity index (χ1) is 16.4. The van der Waals surface area contributed by atoms with E-state index in [1.165, 1.54) is 64.2 Å². The minimum absolute atomic E-state index is 0.231. The molecule has 0 aromatic rings. The van der Waals surface area contributed by atoms with E-state index >= 15 is 0 Å². The van der Waals surface area contributed by atoms with Gasteiger partial charge in [-0.25, -0.2) is 0 Å². The van der Waals surface area contributed by atoms with Crippen LogP contribution >= 0.6 is 0 Å². The van der Waals surface area contributed by atoms with Crippen molar-refractivity contribution in [1.29, 1.82) is 0 Å². The van der Waals surface area contributed by atoms with E-state index in [2.05, 4.69) is 74.4 Å². The molecule has 0 spiro atoms. The molecule has 0 bridgehead atoms. The fraction of sp³-hybridized carbons (Fsp3) is 1.00. The molecule has 3 heteroatoms. The normalized spacial score (nSPS) is 28.4. The van der Waals surface area contributed by atoms with Crippen LogP contribution in [0.1, 0.15) is 139 Å². The van der Waals surface area contributed by atoms with Crippen LogP contribution in [0.15, 0.2) is 0 Å². The Labute approximate surface area is 221 Å². The molecule has 0 aliphatic heterocycles. The van der Waals surface area contributed by atoms with Gasteiger partial charge in [-0.15, -0.1) is 0 Å². The average molecular weight is 494 g/mol. The minimum Gasteiger partial charge on any atom is -0.328 e. The first-order valence-electron chi connectivity index (χ1n) is 15.6. The van der Waals surface area contributed by atoms with Crippen molar-refractivity contribution in [2.45, 2.75) is 156 Å². The number of nitrogens with two attached hydrogens (primary N) is 2. The van der Waals surface area contributed by atoms with E-state index < -0.39 is 0 Å². The number of nitrogens with zero attached hydrogens (tertiary/aromatic N) is 1. The predicted octanol–water partition coefficient (Wildman–Crippen LogP) is 8.25. The zero-order chi connectivity index (χ0) is 26.8. The maximum atomic E-state index is 6.92. The second-order valence-electron chi connectivity index (χ2n) is 13.4. The maximum absolute atomic E-state index is 6.92. The van der Waals surface area contributed by atoms with Crippen molar-refractivity contribution in [2.24, 2.45) is 46.5 Å². The Morgan fingerprint density at radius 1 is 0.857 bits per heavy atom. The van der Waals surface area contributed by atoms with Crippen LogP contribution in [0.3, 0.4) is 0 Å². The summed E-state index contributed by atoms with van der Waals surface area (Å²) in [6.45, 7) is 19.2. The highest BCUT2D eigenvalue weighted by atomic mass is 15.2. The maximum Gasteiger partial charge on any atom is 0.0283 e. The van der Waals surface area contributed by atoms with Gasteiger partial charge in [0.1, 0.15) is 0 Å². The summed E-state index contributed by atoms with van der Waals surface area (Å²) in [5.74, 6) is 3.81. The second-order valence-corrected chi connectivity index (χ2v) is 13.4. The second kappa shape index (κ2) is 15.3. The predicted molar refractivity (Wildman–Crippen MR) is 158 cm³/mol. The average Bonchev–Trinajstić information content (AvgIpc) is 3.42. The van der Waals surface area contributed by atoms with Gasteiger partial charge < -0.3 is 16.4 Å². The Balaban J connectivity index is 2.79. The summed E-state index contributed by atoms with van der Waals surface area (Å²) in [5, 5.41) is 0. The van der Waals surface area contributed by atoms with Crippen molar-refractivity contribution >= 4 is 0 Å². The molecular weight excluding hydrogens is 426 g/mol. The third kappa shape index (κ3) is 8.99. The molecule has 210 valence electrons. The third-order valence-corrected chi connectivity index (χ3v) is 10.7. The fourth-order valence-electron chi connectivity index (χ4n) is 7.69. The molecule has 0 radical (unpaired) electrons. The molecule has 9 unspecified atom stereocenters. The third-order valence-electron chi connectivity index (χ3n) is 10.7. The van der Waals surface area contributed by atoms with Gasteiger partial charge in [0.25, 0.3) is 0 Å². The van der Waals surface area contributed by atoms with Gasteiger partial charge in [-0.2, -0.15) is 0 Å². The van der Waals surface area contributed by atoms with E-state index in [-0.39, 0.29) is 11.0 Å². The first-order valence-corrected chi connectivity index (χ1v) is 15.6. The molecule has 3 nitrogen and oxygen atoms in total. The van der Waals surface area contributed by atoms with Crippen LogP contribution in [-0.2, 0) is 0 Å². The molecule has 0 aromatic heterocycles. The summed E-state index contributed by atoms with van der Waals surface area (Å²) in [6, 6.07) is 0.608. The Hall–Kier alpha value is -0.120. The van der Waals surface area contributed by atoms with Crippen molar-refractivity contribution < 1.29 is 0 Å². The zero-order valence-corrected chi connectivity index (χ0v) is 25.8. The zero-order valence-electron chi connectivity index (χ0n) is 25.8. The molecule has 1 saturated carbocycles. The Morgan fingerprint density at radius 2 is 1.49 bits per heavy atom. The molecule has 0 heterocycles. The molecule has 1 aliphatic rings. The molecule has 1 aliphatic carbocycles. The largest absolute Gasteiger partial charge is 0.328 e. The van der Waals surface area contributed by atoms with Gasteiger partial charge in [-0.3, -0.25) is 0 Å². The summed E-state index contributed by atoms with van der Waals surface area (Å²) in [4.78, 5) is 2.53. The molecule has 0 aromatic carbocycles. The highest BCUT2D eigenvalue weighted by Crippen LogP contribution is 2.66. The summed E-state index contributed by atoms with van der Waals surface area (Å²) in [5.41, 5.74) is 14.2. The first kappa shape index (κ1) is 32.9. The summed E-state index contributed by atoms with van der Waals surface area (Å²) < 4.78 is 0. The summed E-state index contributed by atoms with van der Waals surface area (Å²) in [7, 11) is 4.60. The topological polar surface area (TPSA) is 55.3 Å². The Bertz CT molecular complexity index is 563. The monoisotopic (exact) mass is 494 g/mol. The van der Waals surface area contributed by atoms with Crippen molar-refractivity contribution in [2.75, 3.05) is 14.1 Å². The molecule has 1 fully saturated rings. The molecular formula is C32H67N3.